The van der Waals surface area contributed by atoms with Crippen LogP contribution >= 0.6 is 0 Å². The number of ether oxygens (including phenoxy) is 1. The molecule has 1 aromatic heterocycles. The molecule has 0 saturated heterocycles. The number of anilines is 1. The quantitative estimate of drug-likeness (QED) is 0.834. The smallest absolute Gasteiger partial charge is 0.255 e. The predicted molar refractivity (Wildman–Crippen MR) is 110 cm³/mol. The molecule has 2 N–H and O–H groups in total. The van der Waals surface area contributed by atoms with Crippen molar-refractivity contribution in [3.63, 3.8) is 0 Å². The minimum atomic E-state index is -0.446. The number of benzene rings is 1. The molecule has 4 rings (SSSR count). The van der Waals surface area contributed by atoms with E-state index in [0.717, 1.165) is 49.3 Å². The van der Waals surface area contributed by atoms with Crippen LogP contribution in [0.5, 0.6) is 5.75 Å². The van der Waals surface area contributed by atoms with E-state index in [0.29, 0.717) is 17.9 Å². The van der Waals surface area contributed by atoms with Crippen molar-refractivity contribution in [2.45, 2.75) is 58.6 Å². The molecule has 154 valence electrons. The van der Waals surface area contributed by atoms with Gasteiger partial charge in [-0.3, -0.25) is 14.3 Å². The van der Waals surface area contributed by atoms with Crippen molar-refractivity contribution < 1.29 is 14.3 Å². The molecule has 1 fully saturated rings. The number of hydrogen-bond donors (Lipinski definition) is 2. The van der Waals surface area contributed by atoms with Crippen LogP contribution < -0.4 is 15.4 Å². The van der Waals surface area contributed by atoms with Crippen LogP contribution in [0.25, 0.3) is 0 Å². The maximum absolute atomic E-state index is 12.9. The Morgan fingerprint density at radius 1 is 1.31 bits per heavy atom. The van der Waals surface area contributed by atoms with E-state index in [1.54, 1.807) is 6.07 Å². The van der Waals surface area contributed by atoms with Gasteiger partial charge in [-0.25, -0.2) is 0 Å². The number of carbonyl (C=O) groups is 2. The molecular weight excluding hydrogens is 368 g/mol. The molecule has 0 radical (unpaired) electrons. The van der Waals surface area contributed by atoms with E-state index < -0.39 is 5.60 Å². The van der Waals surface area contributed by atoms with Gasteiger partial charge in [0.05, 0.1) is 29.2 Å². The Balaban J connectivity index is 1.44. The van der Waals surface area contributed by atoms with E-state index >= 15 is 0 Å². The van der Waals surface area contributed by atoms with E-state index in [1.165, 1.54) is 0 Å². The molecule has 2 amide bonds. The Morgan fingerprint density at radius 3 is 2.72 bits per heavy atom. The van der Waals surface area contributed by atoms with Crippen molar-refractivity contribution in [3.8, 4) is 5.75 Å². The second-order valence-electron chi connectivity index (χ2n) is 8.09. The molecule has 7 heteroatoms. The van der Waals surface area contributed by atoms with Gasteiger partial charge in [-0.2, -0.15) is 5.10 Å². The normalized spacial score (nSPS) is 23.7. The van der Waals surface area contributed by atoms with Crippen LogP contribution in [-0.2, 0) is 11.3 Å². The second-order valence-corrected chi connectivity index (χ2v) is 8.09. The lowest BCUT2D eigenvalue weighted by molar-refractivity contribution is -0.122. The van der Waals surface area contributed by atoms with Crippen molar-refractivity contribution in [2.24, 2.45) is 5.92 Å². The number of para-hydroxylation sites is 1. The first-order chi connectivity index (χ1) is 13.9. The Labute approximate surface area is 170 Å². The van der Waals surface area contributed by atoms with E-state index in [9.17, 15) is 9.59 Å². The van der Waals surface area contributed by atoms with Crippen LogP contribution in [0.15, 0.2) is 24.3 Å². The monoisotopic (exact) mass is 396 g/mol. The lowest BCUT2D eigenvalue weighted by Gasteiger charge is -2.39. The van der Waals surface area contributed by atoms with Gasteiger partial charge in [-0.05, 0) is 58.6 Å². The molecule has 1 aliphatic carbocycles. The SMILES string of the molecule is CCn1nc(C)c(NC(=O)C2CCC3(CC2)CNC(=O)c2ccccc2O3)c1C. The fourth-order valence-electron chi connectivity index (χ4n) is 4.45. The maximum atomic E-state index is 12.9. The van der Waals surface area contributed by atoms with E-state index in [-0.39, 0.29) is 17.7 Å². The molecule has 2 aromatic rings. The fraction of sp³-hybridized carbons (Fsp3) is 0.500. The van der Waals surface area contributed by atoms with Crippen LogP contribution in [0, 0.1) is 19.8 Å². The third-order valence-corrected chi connectivity index (χ3v) is 6.23. The van der Waals surface area contributed by atoms with Gasteiger partial charge in [0.25, 0.3) is 5.91 Å². The number of hydrogen-bond acceptors (Lipinski definition) is 4. The summed E-state index contributed by atoms with van der Waals surface area (Å²) in [7, 11) is 0. The van der Waals surface area contributed by atoms with Gasteiger partial charge < -0.3 is 15.4 Å². The molecule has 0 bridgehead atoms. The predicted octanol–water partition coefficient (Wildman–Crippen LogP) is 3.21. The number of fused-ring (bicyclic) bond motifs is 1. The summed E-state index contributed by atoms with van der Waals surface area (Å²) >= 11 is 0. The molecule has 7 nitrogen and oxygen atoms in total. The fourth-order valence-corrected chi connectivity index (χ4v) is 4.45. The zero-order chi connectivity index (χ0) is 20.6. The molecular formula is C22H28N4O3. The number of amides is 2. The zero-order valence-electron chi connectivity index (χ0n) is 17.2. The second kappa shape index (κ2) is 7.54. The Hall–Kier alpha value is -2.83. The van der Waals surface area contributed by atoms with Gasteiger partial charge in [0.2, 0.25) is 5.91 Å². The Bertz CT molecular complexity index is 942. The highest BCUT2D eigenvalue weighted by Gasteiger charge is 2.42. The van der Waals surface area contributed by atoms with Gasteiger partial charge in [-0.15, -0.1) is 0 Å². The number of aromatic nitrogens is 2. The van der Waals surface area contributed by atoms with Crippen LogP contribution in [0.3, 0.4) is 0 Å². The van der Waals surface area contributed by atoms with E-state index in [1.807, 2.05) is 43.7 Å². The summed E-state index contributed by atoms with van der Waals surface area (Å²) in [5, 5.41) is 10.6. The van der Waals surface area contributed by atoms with Crippen molar-refractivity contribution in [1.29, 1.82) is 0 Å². The number of nitrogens with one attached hydrogen (secondary N) is 2. The van der Waals surface area contributed by atoms with Gasteiger partial charge in [0, 0.05) is 12.5 Å². The lowest BCUT2D eigenvalue weighted by Crippen LogP contribution is -2.48. The number of nitrogens with zero attached hydrogens (tertiary/aromatic N) is 2. The van der Waals surface area contributed by atoms with Crippen LogP contribution in [0.2, 0.25) is 0 Å². The Morgan fingerprint density at radius 2 is 2.03 bits per heavy atom. The molecule has 0 unspecified atom stereocenters. The highest BCUT2D eigenvalue weighted by atomic mass is 16.5. The van der Waals surface area contributed by atoms with Crippen molar-refractivity contribution in [1.82, 2.24) is 15.1 Å². The van der Waals surface area contributed by atoms with Crippen LogP contribution in [0.4, 0.5) is 5.69 Å². The number of rotatable bonds is 3. The highest BCUT2D eigenvalue weighted by molar-refractivity contribution is 5.97. The largest absolute Gasteiger partial charge is 0.485 e. The first-order valence-electron chi connectivity index (χ1n) is 10.3. The summed E-state index contributed by atoms with van der Waals surface area (Å²) in [5.74, 6) is 0.502. The average molecular weight is 396 g/mol. The topological polar surface area (TPSA) is 85.3 Å². The third kappa shape index (κ3) is 3.61. The third-order valence-electron chi connectivity index (χ3n) is 6.23. The maximum Gasteiger partial charge on any atom is 0.255 e. The molecule has 0 atom stereocenters. The first kappa shape index (κ1) is 19.5. The number of aryl methyl sites for hydroxylation is 2. The molecule has 2 aliphatic rings. The van der Waals surface area contributed by atoms with Crippen LogP contribution in [-0.4, -0.2) is 33.7 Å². The summed E-state index contributed by atoms with van der Waals surface area (Å²) < 4.78 is 8.23. The molecule has 1 spiro atoms. The van der Waals surface area contributed by atoms with Crippen molar-refractivity contribution in [2.75, 3.05) is 11.9 Å². The van der Waals surface area contributed by atoms with Crippen molar-refractivity contribution >= 4 is 17.5 Å². The first-order valence-corrected chi connectivity index (χ1v) is 10.3. The Kier molecular flexibility index (Phi) is 5.06. The van der Waals surface area contributed by atoms with Gasteiger partial charge in [-0.1, -0.05) is 12.1 Å². The van der Waals surface area contributed by atoms with Gasteiger partial charge in [0.15, 0.2) is 0 Å². The summed E-state index contributed by atoms with van der Waals surface area (Å²) in [5.41, 5.74) is 2.78. The zero-order valence-corrected chi connectivity index (χ0v) is 17.2. The molecule has 2 heterocycles. The standard InChI is InChI=1S/C22H28N4O3/c1-4-26-15(3)19(14(2)25-26)24-20(27)16-9-11-22(12-10-16)13-23-21(28)17-7-5-6-8-18(17)29-22/h5-8,16H,4,9-13H2,1-3H3,(H,23,28)(H,24,27). The van der Waals surface area contributed by atoms with Gasteiger partial charge >= 0.3 is 0 Å². The summed E-state index contributed by atoms with van der Waals surface area (Å²) in [6.07, 6.45) is 2.91. The highest BCUT2D eigenvalue weighted by Crippen LogP contribution is 2.38. The van der Waals surface area contributed by atoms with Crippen LogP contribution in [0.1, 0.15) is 54.4 Å². The average Bonchev–Trinajstić information content (AvgIpc) is 2.92. The minimum absolute atomic E-state index is 0.0414. The van der Waals surface area contributed by atoms with Gasteiger partial charge in [0.1, 0.15) is 11.4 Å². The number of carbonyl (C=O) groups excluding carboxylic acids is 2. The molecule has 1 saturated carbocycles. The summed E-state index contributed by atoms with van der Waals surface area (Å²) in [4.78, 5) is 25.2. The summed E-state index contributed by atoms with van der Waals surface area (Å²) in [6.45, 7) is 7.18. The van der Waals surface area contributed by atoms with E-state index in [4.69, 9.17) is 4.74 Å². The lowest BCUT2D eigenvalue weighted by atomic mass is 9.78. The molecule has 1 aromatic carbocycles. The molecule has 1 aliphatic heterocycles. The van der Waals surface area contributed by atoms with Crippen molar-refractivity contribution in [3.05, 3.63) is 41.2 Å². The summed E-state index contributed by atoms with van der Waals surface area (Å²) in [6, 6.07) is 7.35. The minimum Gasteiger partial charge on any atom is -0.485 e. The molecule has 29 heavy (non-hydrogen) atoms. The van der Waals surface area contributed by atoms with E-state index in [2.05, 4.69) is 15.7 Å².